The summed E-state index contributed by atoms with van der Waals surface area (Å²) in [7, 11) is 5.00. The second-order valence-electron chi connectivity index (χ2n) is 19.2. The molecule has 0 spiro atoms. The number of allylic oxidation sites excluding steroid dienone is 3. The first kappa shape index (κ1) is 54.4. The second-order valence-corrected chi connectivity index (χ2v) is 20.0. The SMILES string of the molecule is CO[C@@H]1[C@@H](O[C@@H]2O[C@H](C)[C@@H](O[C@H]3C[C@@](C)(O)[C@@H](OC(=O)CC(C)C)[C@H](C)O3)[C@H](N(C)C)[C@H]2O)[C@@H](CCNCc2ccc(-c3cnns3)cc2)C[C@@H](C)C(=O)/C=C/C=C/C[C@@H](C)OC(=O)C[C@@H]1O. The van der Waals surface area contributed by atoms with Crippen LogP contribution in [-0.4, -0.2) is 154 Å². The average Bonchev–Trinajstić information content (AvgIpc) is 3.79. The quantitative estimate of drug-likeness (QED) is 0.140. The van der Waals surface area contributed by atoms with E-state index >= 15 is 0 Å². The molecule has 3 aliphatic heterocycles. The molecular weight excluding hydrogens is 885 g/mol. The minimum absolute atomic E-state index is 0.0268. The van der Waals surface area contributed by atoms with Gasteiger partial charge in [0.2, 0.25) is 0 Å². The molecule has 374 valence electrons. The molecule has 0 aliphatic carbocycles. The number of benzene rings is 1. The fourth-order valence-electron chi connectivity index (χ4n) is 9.21. The Kier molecular flexibility index (Phi) is 20.6. The summed E-state index contributed by atoms with van der Waals surface area (Å²) in [6, 6.07) is 7.36. The summed E-state index contributed by atoms with van der Waals surface area (Å²) >= 11 is 1.33. The zero-order valence-corrected chi connectivity index (χ0v) is 41.5. The second kappa shape index (κ2) is 25.4. The van der Waals surface area contributed by atoms with Gasteiger partial charge in [-0.3, -0.25) is 14.4 Å². The Morgan fingerprint density at radius 1 is 1.01 bits per heavy atom. The third-order valence-electron chi connectivity index (χ3n) is 12.7. The predicted molar refractivity (Wildman–Crippen MR) is 250 cm³/mol. The van der Waals surface area contributed by atoms with Crippen molar-refractivity contribution in [3.05, 3.63) is 60.3 Å². The molecule has 67 heavy (non-hydrogen) atoms. The summed E-state index contributed by atoms with van der Waals surface area (Å²) < 4.78 is 47.4. The zero-order chi connectivity index (χ0) is 49.0. The number of methoxy groups -OCH3 is 1. The summed E-state index contributed by atoms with van der Waals surface area (Å²) in [6.07, 6.45) is -1.41. The van der Waals surface area contributed by atoms with Gasteiger partial charge in [0.1, 0.15) is 30.0 Å². The third-order valence-corrected chi connectivity index (χ3v) is 13.4. The van der Waals surface area contributed by atoms with Crippen molar-refractivity contribution >= 4 is 29.3 Å². The summed E-state index contributed by atoms with van der Waals surface area (Å²) in [5, 5.41) is 43.1. The molecule has 2 aromatic rings. The zero-order valence-electron chi connectivity index (χ0n) is 40.7. The lowest BCUT2D eigenvalue weighted by atomic mass is 9.82. The molecule has 0 radical (unpaired) electrons. The highest BCUT2D eigenvalue weighted by atomic mass is 32.1. The molecule has 4 N–H and O–H groups in total. The van der Waals surface area contributed by atoms with E-state index in [-0.39, 0.29) is 24.5 Å². The number of carbonyl (C=O) groups is 3. The van der Waals surface area contributed by atoms with Crippen molar-refractivity contribution in [1.82, 2.24) is 19.8 Å². The van der Waals surface area contributed by atoms with E-state index in [2.05, 4.69) is 14.9 Å². The first-order valence-electron chi connectivity index (χ1n) is 23.5. The number of aliphatic hydroxyl groups is 3. The van der Waals surface area contributed by atoms with Crippen molar-refractivity contribution in [3.63, 3.8) is 0 Å². The number of ether oxygens (including phenoxy) is 7. The standard InChI is InChI=1S/C49H74N4O13S/c1-28(2)22-39(56)64-47-32(6)62-41(25-49(47,7)59)65-44-31(5)63-48(43(58)42(44)53(8)9)66-45-35(20-21-50-26-33-16-18-34(19-17-33)38-27-51-52-67-38)23-29(3)36(54)15-13-11-12-14-30(4)61-40(57)24-37(55)46(45)60-10/h11-13,15-19,27-32,35,37,41-48,50,55,58-59H,14,20-26H2,1-10H3/b12-11+,15-13+/t29-,30-,31-,32+,35+,37+,41+,42-,43-,44-,45+,46+,47+,48+,49-/m1/s1. The number of cyclic esters (lactones) is 1. The van der Waals surface area contributed by atoms with Crippen LogP contribution < -0.4 is 5.32 Å². The molecule has 0 bridgehead atoms. The van der Waals surface area contributed by atoms with Gasteiger partial charge in [0.05, 0.1) is 48.0 Å². The van der Waals surface area contributed by atoms with Crippen LogP contribution in [0.5, 0.6) is 0 Å². The van der Waals surface area contributed by atoms with Crippen LogP contribution in [-0.2, 0) is 54.1 Å². The Morgan fingerprint density at radius 2 is 1.75 bits per heavy atom. The van der Waals surface area contributed by atoms with Crippen molar-refractivity contribution in [2.45, 2.75) is 173 Å². The number of likely N-dealkylation sites (N-methyl/N-ethyl adjacent to an activating group) is 1. The lowest BCUT2D eigenvalue weighted by Gasteiger charge is -2.50. The summed E-state index contributed by atoms with van der Waals surface area (Å²) in [6.45, 7) is 13.5. The van der Waals surface area contributed by atoms with E-state index in [0.717, 1.165) is 16.0 Å². The normalized spacial score (nSPS) is 35.9. The van der Waals surface area contributed by atoms with Crippen molar-refractivity contribution in [2.24, 2.45) is 17.8 Å². The Bertz CT molecular complexity index is 1910. The van der Waals surface area contributed by atoms with E-state index in [9.17, 15) is 29.7 Å². The van der Waals surface area contributed by atoms with E-state index in [4.69, 9.17) is 33.2 Å². The molecule has 18 heteroatoms. The number of aliphatic hydroxyl groups excluding tert-OH is 2. The largest absolute Gasteiger partial charge is 0.462 e. The minimum Gasteiger partial charge on any atom is -0.462 e. The van der Waals surface area contributed by atoms with Gasteiger partial charge in [-0.15, -0.1) is 5.10 Å². The van der Waals surface area contributed by atoms with Crippen LogP contribution in [0.1, 0.15) is 92.6 Å². The lowest BCUT2D eigenvalue weighted by Crippen LogP contribution is -2.66. The molecule has 1 aromatic carbocycles. The van der Waals surface area contributed by atoms with Gasteiger partial charge >= 0.3 is 11.9 Å². The number of rotatable bonds is 15. The molecular formula is C49H74N4O13S. The number of hydrogen-bond donors (Lipinski definition) is 4. The van der Waals surface area contributed by atoms with E-state index in [0.29, 0.717) is 32.4 Å². The molecule has 0 amide bonds. The highest BCUT2D eigenvalue weighted by Gasteiger charge is 2.52. The highest BCUT2D eigenvalue weighted by molar-refractivity contribution is 7.09. The van der Waals surface area contributed by atoms with Gasteiger partial charge in [-0.25, -0.2) is 0 Å². The molecule has 1 aromatic heterocycles. The topological polar surface area (TPSA) is 218 Å². The van der Waals surface area contributed by atoms with Crippen LogP contribution in [0.3, 0.4) is 0 Å². The van der Waals surface area contributed by atoms with Gasteiger partial charge in [0.25, 0.3) is 0 Å². The van der Waals surface area contributed by atoms with Gasteiger partial charge in [-0.2, -0.15) is 0 Å². The molecule has 2 fully saturated rings. The third kappa shape index (κ3) is 15.5. The first-order valence-corrected chi connectivity index (χ1v) is 24.3. The van der Waals surface area contributed by atoms with Crippen LogP contribution in [0.15, 0.2) is 54.8 Å². The number of nitrogens with zero attached hydrogens (tertiary/aromatic N) is 3. The minimum atomic E-state index is -1.49. The van der Waals surface area contributed by atoms with Gasteiger partial charge in [-0.05, 0) is 102 Å². The predicted octanol–water partition coefficient (Wildman–Crippen LogP) is 4.76. The number of ketones is 1. The smallest absolute Gasteiger partial charge is 0.308 e. The fourth-order valence-corrected chi connectivity index (χ4v) is 9.72. The Morgan fingerprint density at radius 3 is 2.39 bits per heavy atom. The fraction of sp³-hybridized carbons (Fsp3) is 0.694. The van der Waals surface area contributed by atoms with E-state index in [1.165, 1.54) is 24.7 Å². The highest BCUT2D eigenvalue weighted by Crippen LogP contribution is 2.38. The molecule has 3 aliphatic rings. The Labute approximate surface area is 399 Å². The monoisotopic (exact) mass is 958 g/mol. The maximum absolute atomic E-state index is 13.6. The van der Waals surface area contributed by atoms with Crippen molar-refractivity contribution in [3.8, 4) is 10.4 Å². The molecule has 4 heterocycles. The number of hydrogen-bond acceptors (Lipinski definition) is 18. The van der Waals surface area contributed by atoms with Crippen molar-refractivity contribution in [2.75, 3.05) is 27.7 Å². The van der Waals surface area contributed by atoms with Crippen LogP contribution in [0.4, 0.5) is 0 Å². The van der Waals surface area contributed by atoms with Gasteiger partial charge in [0.15, 0.2) is 24.5 Å². The molecule has 5 rings (SSSR count). The van der Waals surface area contributed by atoms with Crippen molar-refractivity contribution < 1.29 is 62.9 Å². The van der Waals surface area contributed by atoms with Crippen LogP contribution >= 0.6 is 11.5 Å². The number of esters is 2. The molecule has 0 unspecified atom stereocenters. The summed E-state index contributed by atoms with van der Waals surface area (Å²) in [4.78, 5) is 42.2. The number of aromatic nitrogens is 2. The first-order chi connectivity index (χ1) is 31.8. The summed E-state index contributed by atoms with van der Waals surface area (Å²) in [5.41, 5.74) is 0.578. The molecule has 0 saturated carbocycles. The number of nitrogens with one attached hydrogen (secondary N) is 1. The maximum Gasteiger partial charge on any atom is 0.308 e. The molecule has 15 atom stereocenters. The van der Waals surface area contributed by atoms with E-state index in [1.54, 1.807) is 65.0 Å². The number of carbonyl (C=O) groups excluding carboxylic acids is 3. The van der Waals surface area contributed by atoms with Gasteiger partial charge < -0.3 is 58.7 Å². The van der Waals surface area contributed by atoms with Crippen LogP contribution in [0.25, 0.3) is 10.4 Å². The van der Waals surface area contributed by atoms with Gasteiger partial charge in [-0.1, -0.05) is 67.8 Å². The van der Waals surface area contributed by atoms with Gasteiger partial charge in [0, 0.05) is 38.8 Å². The van der Waals surface area contributed by atoms with Crippen LogP contribution in [0, 0.1) is 17.8 Å². The van der Waals surface area contributed by atoms with Crippen LogP contribution in [0.2, 0.25) is 0 Å². The van der Waals surface area contributed by atoms with E-state index < -0.39 is 109 Å². The Balaban J connectivity index is 1.40. The molecule has 2 saturated heterocycles. The lowest BCUT2D eigenvalue weighted by molar-refractivity contribution is -0.344. The Hall–Kier alpha value is -3.53. The summed E-state index contributed by atoms with van der Waals surface area (Å²) in [5.74, 6) is -2.05. The molecule has 17 nitrogen and oxygen atoms in total. The van der Waals surface area contributed by atoms with Crippen molar-refractivity contribution in [1.29, 1.82) is 0 Å². The maximum atomic E-state index is 13.6. The van der Waals surface area contributed by atoms with E-state index in [1.807, 2.05) is 51.1 Å². The average molecular weight is 959 g/mol.